The Morgan fingerprint density at radius 2 is 0.515 bits per heavy atom. The van der Waals surface area contributed by atoms with Gasteiger partial charge >= 0.3 is 6.18 Å². The fourth-order valence-electron chi connectivity index (χ4n) is 8.50. The normalized spacial score (nSPS) is 11.6. The molecule has 66 heavy (non-hydrogen) atoms. The summed E-state index contributed by atoms with van der Waals surface area (Å²) in [5, 5.41) is 0. The van der Waals surface area contributed by atoms with Crippen LogP contribution in [-0.2, 0) is 5.41 Å². The van der Waals surface area contributed by atoms with Gasteiger partial charge in [-0.05, 0) is 147 Å². The second kappa shape index (κ2) is 17.7. The minimum absolute atomic E-state index is 0.0844. The molecule has 0 aliphatic rings. The van der Waals surface area contributed by atoms with Crippen LogP contribution in [0.15, 0.2) is 231 Å². The third-order valence-corrected chi connectivity index (χ3v) is 12.2. The van der Waals surface area contributed by atoms with E-state index in [1.54, 1.807) is 49.1 Å². The summed E-state index contributed by atoms with van der Waals surface area (Å²) in [6.45, 7) is 1.30. The van der Waals surface area contributed by atoms with E-state index < -0.39 is 11.6 Å². The molecule has 7 heteroatoms. The third kappa shape index (κ3) is 8.42. The number of halogens is 3. The second-order valence-electron chi connectivity index (χ2n) is 16.4. The Bertz CT molecular complexity index is 2890. The van der Waals surface area contributed by atoms with E-state index in [-0.39, 0.29) is 11.1 Å². The monoisotopic (exact) mass is 862 g/mol. The minimum Gasteiger partial charge on any atom is -0.256 e. The van der Waals surface area contributed by atoms with Crippen molar-refractivity contribution in [2.24, 2.45) is 0 Å². The number of rotatable bonds is 10. The van der Waals surface area contributed by atoms with E-state index in [9.17, 15) is 0 Å². The van der Waals surface area contributed by atoms with E-state index in [2.05, 4.69) is 19.9 Å². The molecule has 0 bridgehead atoms. The summed E-state index contributed by atoms with van der Waals surface area (Å²) in [7, 11) is 0. The lowest BCUT2D eigenvalue weighted by molar-refractivity contribution is -0.173. The first kappa shape index (κ1) is 41.7. The van der Waals surface area contributed by atoms with Crippen molar-refractivity contribution in [2.75, 3.05) is 0 Å². The first-order valence-corrected chi connectivity index (χ1v) is 21.6. The van der Waals surface area contributed by atoms with Gasteiger partial charge in [0.1, 0.15) is 5.41 Å². The molecule has 0 N–H and O–H groups in total. The highest BCUT2D eigenvalue weighted by molar-refractivity contribution is 5.81. The lowest BCUT2D eigenvalue weighted by Gasteiger charge is -2.35. The van der Waals surface area contributed by atoms with Gasteiger partial charge in [0.15, 0.2) is 0 Å². The molecule has 0 aliphatic carbocycles. The van der Waals surface area contributed by atoms with Gasteiger partial charge in [0.2, 0.25) is 0 Å². The quantitative estimate of drug-likeness (QED) is 0.137. The van der Waals surface area contributed by atoms with Crippen molar-refractivity contribution in [3.05, 3.63) is 242 Å². The minimum atomic E-state index is -4.76. The van der Waals surface area contributed by atoms with E-state index in [1.165, 1.54) is 6.92 Å². The summed E-state index contributed by atoms with van der Waals surface area (Å²) in [4.78, 5) is 18.6. The molecule has 4 heterocycles. The fourth-order valence-corrected chi connectivity index (χ4v) is 8.50. The molecule has 10 rings (SSSR count). The Labute approximate surface area is 381 Å². The molecule has 6 aromatic carbocycles. The number of aromatic nitrogens is 4. The van der Waals surface area contributed by atoms with Crippen LogP contribution in [0.1, 0.15) is 18.1 Å². The van der Waals surface area contributed by atoms with Gasteiger partial charge in [0, 0.05) is 47.0 Å². The SMILES string of the molecule is CC(c1cc(-c2ccnc(-c3ccccc3)c2)cc(-c2ccnc(-c3ccccc3)c2)c1)(c1cc(-c2ccnc(-c3ccccc3)c2)cc(-c2ccnc(-c3ccccc3)c2)c1)C(F)(F)F. The lowest BCUT2D eigenvalue weighted by atomic mass is 9.72. The van der Waals surface area contributed by atoms with Gasteiger partial charge in [-0.15, -0.1) is 0 Å². The molecule has 4 aromatic heterocycles. The summed E-state index contributed by atoms with van der Waals surface area (Å²) in [5.41, 5.74) is 9.54. The van der Waals surface area contributed by atoms with Gasteiger partial charge in [-0.3, -0.25) is 19.9 Å². The highest BCUT2D eigenvalue weighted by Gasteiger charge is 2.54. The van der Waals surface area contributed by atoms with Crippen molar-refractivity contribution < 1.29 is 13.2 Å². The van der Waals surface area contributed by atoms with Crippen molar-refractivity contribution in [1.29, 1.82) is 0 Å². The zero-order chi connectivity index (χ0) is 45.1. The topological polar surface area (TPSA) is 51.6 Å². The molecule has 0 amide bonds. The lowest BCUT2D eigenvalue weighted by Crippen LogP contribution is -2.40. The first-order chi connectivity index (χ1) is 32.2. The molecule has 10 aromatic rings. The smallest absolute Gasteiger partial charge is 0.256 e. The number of benzene rings is 6. The highest BCUT2D eigenvalue weighted by Crippen LogP contribution is 2.50. The van der Waals surface area contributed by atoms with Gasteiger partial charge in [-0.1, -0.05) is 121 Å². The molecule has 4 nitrogen and oxygen atoms in total. The van der Waals surface area contributed by atoms with Crippen molar-refractivity contribution in [2.45, 2.75) is 18.5 Å². The highest BCUT2D eigenvalue weighted by atomic mass is 19.4. The van der Waals surface area contributed by atoms with E-state index in [1.807, 2.05) is 182 Å². The van der Waals surface area contributed by atoms with Crippen LogP contribution < -0.4 is 0 Å². The molecule has 0 spiro atoms. The van der Waals surface area contributed by atoms with Gasteiger partial charge in [0.05, 0.1) is 22.8 Å². The van der Waals surface area contributed by atoms with E-state index >= 15 is 13.2 Å². The molecule has 0 aliphatic heterocycles. The van der Waals surface area contributed by atoms with Crippen LogP contribution in [0.25, 0.3) is 89.5 Å². The van der Waals surface area contributed by atoms with Crippen molar-refractivity contribution in [3.8, 4) is 89.5 Å². The second-order valence-corrected chi connectivity index (χ2v) is 16.4. The average molecular weight is 863 g/mol. The van der Waals surface area contributed by atoms with E-state index in [0.29, 0.717) is 45.0 Å². The van der Waals surface area contributed by atoms with Crippen LogP contribution in [0, 0.1) is 0 Å². The molecule has 0 atom stereocenters. The predicted octanol–water partition coefficient (Wildman–Crippen LogP) is 15.5. The Hall–Kier alpha value is -8.29. The van der Waals surface area contributed by atoms with E-state index in [0.717, 1.165) is 44.5 Å². The van der Waals surface area contributed by atoms with Crippen LogP contribution in [0.3, 0.4) is 0 Å². The van der Waals surface area contributed by atoms with Crippen molar-refractivity contribution in [3.63, 3.8) is 0 Å². The number of pyridine rings is 4. The largest absolute Gasteiger partial charge is 0.402 e. The number of alkyl halides is 3. The maximum atomic E-state index is 16.7. The Morgan fingerprint density at radius 3 is 0.742 bits per heavy atom. The first-order valence-electron chi connectivity index (χ1n) is 21.6. The van der Waals surface area contributed by atoms with Crippen molar-refractivity contribution >= 4 is 0 Å². The number of hydrogen-bond acceptors (Lipinski definition) is 4. The Morgan fingerprint density at radius 1 is 0.273 bits per heavy atom. The molecule has 0 unspecified atom stereocenters. The summed E-state index contributed by atoms with van der Waals surface area (Å²) in [6.07, 6.45) is 2.07. The van der Waals surface area contributed by atoms with Gasteiger partial charge in [-0.2, -0.15) is 13.2 Å². The van der Waals surface area contributed by atoms with Gasteiger partial charge in [0.25, 0.3) is 0 Å². The van der Waals surface area contributed by atoms with Crippen LogP contribution in [0.5, 0.6) is 0 Å². The van der Waals surface area contributed by atoms with Crippen LogP contribution >= 0.6 is 0 Å². The van der Waals surface area contributed by atoms with Gasteiger partial charge < -0.3 is 0 Å². The summed E-state index contributed by atoms with van der Waals surface area (Å²) < 4.78 is 50.1. The number of hydrogen-bond donors (Lipinski definition) is 0. The molecular formula is C59H41F3N4. The standard InChI is InChI=1S/C59H41F3N4/c1-58(59(60,61)62,52-32-48(44-22-26-63-54(36-44)40-14-6-2-7-15-40)30-49(33-52)45-23-27-64-55(37-45)41-16-8-3-9-17-41)53-34-50(46-24-28-65-56(38-46)42-18-10-4-11-19-42)31-51(35-53)47-25-29-66-57(39-47)43-20-12-5-13-21-43/h2-39H,1H3. The van der Waals surface area contributed by atoms with Gasteiger partial charge in [-0.25, -0.2) is 0 Å². The Kier molecular flexibility index (Phi) is 11.2. The molecule has 0 saturated heterocycles. The third-order valence-electron chi connectivity index (χ3n) is 12.2. The number of nitrogens with zero attached hydrogens (tertiary/aromatic N) is 4. The predicted molar refractivity (Wildman–Crippen MR) is 260 cm³/mol. The maximum absolute atomic E-state index is 16.7. The summed E-state index contributed by atoms with van der Waals surface area (Å²) in [6, 6.07) is 64.9. The van der Waals surface area contributed by atoms with Crippen LogP contribution in [-0.4, -0.2) is 26.1 Å². The maximum Gasteiger partial charge on any atom is 0.402 e. The Balaban J connectivity index is 1.21. The average Bonchev–Trinajstić information content (AvgIpc) is 3.39. The molecule has 0 fully saturated rings. The molecular weight excluding hydrogens is 822 g/mol. The zero-order valence-electron chi connectivity index (χ0n) is 35.9. The van der Waals surface area contributed by atoms with E-state index in [4.69, 9.17) is 0 Å². The van der Waals surface area contributed by atoms with Crippen molar-refractivity contribution in [1.82, 2.24) is 19.9 Å². The summed E-state index contributed by atoms with van der Waals surface area (Å²) in [5.74, 6) is 0. The van der Waals surface area contributed by atoms with Crippen LogP contribution in [0.4, 0.5) is 13.2 Å². The summed E-state index contributed by atoms with van der Waals surface area (Å²) >= 11 is 0. The van der Waals surface area contributed by atoms with Crippen LogP contribution in [0.2, 0.25) is 0 Å². The molecule has 318 valence electrons. The molecule has 0 radical (unpaired) electrons. The molecule has 0 saturated carbocycles. The fraction of sp³-hybridized carbons (Fsp3) is 0.0508. The zero-order valence-corrected chi connectivity index (χ0v) is 35.9.